The number of ether oxygens (including phenoxy) is 1. The number of nitrogens with one attached hydrogen (secondary N) is 1. The van der Waals surface area contributed by atoms with Gasteiger partial charge in [-0.15, -0.1) is 0 Å². The molecule has 1 aliphatic carbocycles. The van der Waals surface area contributed by atoms with E-state index in [2.05, 4.69) is 10.4 Å². The average Bonchev–Trinajstić information content (AvgIpc) is 3.12. The molecule has 3 rings (SSSR count). The Morgan fingerprint density at radius 3 is 2.81 bits per heavy atom. The van der Waals surface area contributed by atoms with Gasteiger partial charge in [0.15, 0.2) is 0 Å². The number of aromatic nitrogens is 2. The molecule has 0 spiro atoms. The minimum atomic E-state index is -2.36. The van der Waals surface area contributed by atoms with Crippen LogP contribution in [-0.2, 0) is 4.74 Å². The molecule has 2 aliphatic rings. The molecule has 7 heteroatoms. The lowest BCUT2D eigenvalue weighted by Crippen LogP contribution is -2.32. The number of amides is 1. The van der Waals surface area contributed by atoms with Crippen molar-refractivity contribution in [3.63, 3.8) is 0 Å². The van der Waals surface area contributed by atoms with Gasteiger partial charge in [-0.3, -0.25) is 9.48 Å². The summed E-state index contributed by atoms with van der Waals surface area (Å²) in [5.41, 5.74) is 1.21. The van der Waals surface area contributed by atoms with Gasteiger partial charge in [-0.2, -0.15) is 5.10 Å². The van der Waals surface area contributed by atoms with Gasteiger partial charge >= 0.3 is 0 Å². The van der Waals surface area contributed by atoms with E-state index in [1.165, 1.54) is 0 Å². The normalized spacial score (nSPS) is 26.1. The van der Waals surface area contributed by atoms with Gasteiger partial charge in [0, 0.05) is 25.2 Å². The molecule has 2 atom stereocenters. The zero-order chi connectivity index (χ0) is 15.0. The molecular formula is C14H19F2N3O2. The first-order valence-electron chi connectivity index (χ1n) is 7.29. The molecule has 1 saturated carbocycles. The summed E-state index contributed by atoms with van der Waals surface area (Å²) in [5.74, 6) is -1.01. The number of nitrogens with zero attached hydrogens (tertiary/aromatic N) is 2. The van der Waals surface area contributed by atoms with E-state index in [0.717, 1.165) is 18.5 Å². The standard InChI is InChI=1S/C14H19F2N3O2/c1-8-6-12(14(20)17-11-7-10(11)13(15)16)19(18-8)9-2-4-21-5-3-9/h6,9-11,13H,2-5,7H2,1H3,(H,17,20)/t10-,11-/m0/s1. The third kappa shape index (κ3) is 3.07. The topological polar surface area (TPSA) is 56.2 Å². The highest BCUT2D eigenvalue weighted by molar-refractivity contribution is 5.93. The molecule has 0 unspecified atom stereocenters. The molecule has 1 aliphatic heterocycles. The molecular weight excluding hydrogens is 280 g/mol. The van der Waals surface area contributed by atoms with E-state index < -0.39 is 18.4 Å². The number of carbonyl (C=O) groups excluding carboxylic acids is 1. The molecule has 116 valence electrons. The van der Waals surface area contributed by atoms with E-state index in [1.807, 2.05) is 6.92 Å². The van der Waals surface area contributed by atoms with E-state index in [4.69, 9.17) is 4.74 Å². The van der Waals surface area contributed by atoms with Gasteiger partial charge in [0.25, 0.3) is 5.91 Å². The smallest absolute Gasteiger partial charge is 0.269 e. The largest absolute Gasteiger partial charge is 0.381 e. The molecule has 0 bridgehead atoms. The van der Waals surface area contributed by atoms with E-state index in [1.54, 1.807) is 10.7 Å². The van der Waals surface area contributed by atoms with Gasteiger partial charge in [0.05, 0.1) is 11.7 Å². The fraction of sp³-hybridized carbons (Fsp3) is 0.714. The van der Waals surface area contributed by atoms with Crippen molar-refractivity contribution >= 4 is 5.91 Å². The molecule has 2 heterocycles. The lowest BCUT2D eigenvalue weighted by atomic mass is 10.1. The molecule has 5 nitrogen and oxygen atoms in total. The number of carbonyl (C=O) groups is 1. The maximum Gasteiger partial charge on any atom is 0.269 e. The van der Waals surface area contributed by atoms with Crippen LogP contribution in [0.2, 0.25) is 0 Å². The molecule has 1 amide bonds. The van der Waals surface area contributed by atoms with Gasteiger partial charge in [-0.05, 0) is 32.3 Å². The number of hydrogen-bond donors (Lipinski definition) is 1. The van der Waals surface area contributed by atoms with Crippen LogP contribution < -0.4 is 5.32 Å². The van der Waals surface area contributed by atoms with Crippen molar-refractivity contribution in [3.8, 4) is 0 Å². The average molecular weight is 299 g/mol. The van der Waals surface area contributed by atoms with Crippen molar-refractivity contribution in [1.29, 1.82) is 0 Å². The van der Waals surface area contributed by atoms with Crippen molar-refractivity contribution in [2.75, 3.05) is 13.2 Å². The van der Waals surface area contributed by atoms with E-state index in [9.17, 15) is 13.6 Å². The summed E-state index contributed by atoms with van der Waals surface area (Å²) in [6, 6.07) is 1.44. The van der Waals surface area contributed by atoms with Gasteiger partial charge < -0.3 is 10.1 Å². The van der Waals surface area contributed by atoms with Crippen LogP contribution in [0, 0.1) is 12.8 Å². The lowest BCUT2D eigenvalue weighted by molar-refractivity contribution is 0.0639. The van der Waals surface area contributed by atoms with Crippen LogP contribution in [0.25, 0.3) is 0 Å². The summed E-state index contributed by atoms with van der Waals surface area (Å²) in [6.45, 7) is 3.13. The molecule has 2 fully saturated rings. The minimum Gasteiger partial charge on any atom is -0.381 e. The SMILES string of the molecule is Cc1cc(C(=O)N[C@H]2C[C@@H]2C(F)F)n(C2CCOCC2)n1. The quantitative estimate of drug-likeness (QED) is 0.924. The van der Waals surface area contributed by atoms with E-state index >= 15 is 0 Å². The Bertz CT molecular complexity index is 526. The molecule has 1 saturated heterocycles. The predicted octanol–water partition coefficient (Wildman–Crippen LogP) is 1.93. The van der Waals surface area contributed by atoms with Crippen molar-refractivity contribution < 1.29 is 18.3 Å². The Balaban J connectivity index is 1.71. The fourth-order valence-corrected chi connectivity index (χ4v) is 2.80. The number of alkyl halides is 2. The highest BCUT2D eigenvalue weighted by Crippen LogP contribution is 2.36. The molecule has 21 heavy (non-hydrogen) atoms. The van der Waals surface area contributed by atoms with E-state index in [0.29, 0.717) is 25.3 Å². The number of hydrogen-bond acceptors (Lipinski definition) is 3. The first-order chi connectivity index (χ1) is 10.1. The highest BCUT2D eigenvalue weighted by atomic mass is 19.3. The molecule has 1 aromatic heterocycles. The second-order valence-electron chi connectivity index (χ2n) is 5.77. The highest BCUT2D eigenvalue weighted by Gasteiger charge is 2.45. The Morgan fingerprint density at radius 2 is 2.19 bits per heavy atom. The zero-order valence-electron chi connectivity index (χ0n) is 11.9. The summed E-state index contributed by atoms with van der Waals surface area (Å²) in [4.78, 5) is 12.3. The summed E-state index contributed by atoms with van der Waals surface area (Å²) in [6.07, 6.45) is -0.389. The Hall–Kier alpha value is -1.50. The third-order valence-electron chi connectivity index (χ3n) is 4.11. The zero-order valence-corrected chi connectivity index (χ0v) is 11.9. The predicted molar refractivity (Wildman–Crippen MR) is 71.4 cm³/mol. The summed E-state index contributed by atoms with van der Waals surface area (Å²) >= 11 is 0. The molecule has 0 aromatic carbocycles. The van der Waals surface area contributed by atoms with Crippen LogP contribution in [0.4, 0.5) is 8.78 Å². The van der Waals surface area contributed by atoms with Crippen LogP contribution in [0.5, 0.6) is 0 Å². The van der Waals surface area contributed by atoms with Gasteiger partial charge in [-0.1, -0.05) is 0 Å². The minimum absolute atomic E-state index is 0.137. The second kappa shape index (κ2) is 5.71. The summed E-state index contributed by atoms with van der Waals surface area (Å²) in [5, 5.41) is 7.07. The van der Waals surface area contributed by atoms with Crippen LogP contribution in [-0.4, -0.2) is 41.4 Å². The number of aryl methyl sites for hydroxylation is 1. The lowest BCUT2D eigenvalue weighted by Gasteiger charge is -2.24. The first kappa shape index (κ1) is 14.4. The monoisotopic (exact) mass is 299 g/mol. The Morgan fingerprint density at radius 1 is 1.48 bits per heavy atom. The van der Waals surface area contributed by atoms with Crippen molar-refractivity contribution in [3.05, 3.63) is 17.5 Å². The molecule has 0 radical (unpaired) electrons. The Labute approximate surface area is 121 Å². The summed E-state index contributed by atoms with van der Waals surface area (Å²) in [7, 11) is 0. The third-order valence-corrected chi connectivity index (χ3v) is 4.11. The van der Waals surface area contributed by atoms with Crippen LogP contribution in [0.3, 0.4) is 0 Å². The maximum absolute atomic E-state index is 12.5. The number of rotatable bonds is 4. The maximum atomic E-state index is 12.5. The first-order valence-corrected chi connectivity index (χ1v) is 7.29. The van der Waals surface area contributed by atoms with Gasteiger partial charge in [0.1, 0.15) is 5.69 Å². The van der Waals surface area contributed by atoms with Crippen LogP contribution >= 0.6 is 0 Å². The fourth-order valence-electron chi connectivity index (χ4n) is 2.80. The molecule has 1 N–H and O–H groups in total. The molecule has 1 aromatic rings. The van der Waals surface area contributed by atoms with Gasteiger partial charge in [0.2, 0.25) is 6.43 Å². The van der Waals surface area contributed by atoms with Crippen molar-refractivity contribution in [2.24, 2.45) is 5.92 Å². The van der Waals surface area contributed by atoms with Crippen LogP contribution in [0.1, 0.15) is 41.5 Å². The Kier molecular flexibility index (Phi) is 3.93. The van der Waals surface area contributed by atoms with Crippen LogP contribution in [0.15, 0.2) is 6.07 Å². The van der Waals surface area contributed by atoms with Crippen molar-refractivity contribution in [2.45, 2.75) is 44.7 Å². The van der Waals surface area contributed by atoms with Gasteiger partial charge in [-0.25, -0.2) is 8.78 Å². The second-order valence-corrected chi connectivity index (χ2v) is 5.77. The number of halogens is 2. The van der Waals surface area contributed by atoms with Crippen molar-refractivity contribution in [1.82, 2.24) is 15.1 Å². The van der Waals surface area contributed by atoms with E-state index in [-0.39, 0.29) is 11.9 Å². The summed E-state index contributed by atoms with van der Waals surface area (Å²) < 4.78 is 32.1.